The Kier molecular flexibility index (Phi) is 8.85. The molecular formula is C15H30. The van der Waals surface area contributed by atoms with Crippen LogP contribution in [0.1, 0.15) is 73.1 Å². The van der Waals surface area contributed by atoms with Gasteiger partial charge in [-0.1, -0.05) is 72.0 Å². The van der Waals surface area contributed by atoms with Gasteiger partial charge in [-0.05, 0) is 24.7 Å². The minimum absolute atomic E-state index is 0.737. The van der Waals surface area contributed by atoms with E-state index < -0.39 is 0 Å². The smallest absolute Gasteiger partial charge is 0.0260 e. The van der Waals surface area contributed by atoms with Crippen molar-refractivity contribution in [2.24, 2.45) is 11.8 Å². The van der Waals surface area contributed by atoms with Crippen LogP contribution >= 0.6 is 0 Å². The third-order valence-electron chi connectivity index (χ3n) is 3.07. The molecule has 0 aromatic carbocycles. The van der Waals surface area contributed by atoms with Crippen molar-refractivity contribution in [2.45, 2.75) is 73.1 Å². The molecule has 1 unspecified atom stereocenters. The minimum Gasteiger partial charge on any atom is -0.0851 e. The van der Waals surface area contributed by atoms with E-state index in [1.807, 2.05) is 0 Å². The highest BCUT2D eigenvalue weighted by molar-refractivity contribution is 5.05. The van der Waals surface area contributed by atoms with Crippen molar-refractivity contribution in [2.75, 3.05) is 0 Å². The van der Waals surface area contributed by atoms with Crippen LogP contribution in [0.2, 0.25) is 0 Å². The Morgan fingerprint density at radius 2 is 1.73 bits per heavy atom. The maximum absolute atomic E-state index is 2.50. The van der Waals surface area contributed by atoms with Gasteiger partial charge in [0, 0.05) is 0 Å². The zero-order valence-electron chi connectivity index (χ0n) is 11.5. The third-order valence-corrected chi connectivity index (χ3v) is 3.07. The molecule has 0 aliphatic carbocycles. The van der Waals surface area contributed by atoms with Crippen LogP contribution in [-0.4, -0.2) is 0 Å². The molecule has 0 nitrogen and oxygen atoms in total. The molecule has 0 saturated heterocycles. The average molecular weight is 210 g/mol. The number of rotatable bonds is 8. The zero-order valence-corrected chi connectivity index (χ0v) is 11.5. The molecule has 0 aromatic rings. The van der Waals surface area contributed by atoms with Crippen molar-refractivity contribution in [1.29, 1.82) is 0 Å². The van der Waals surface area contributed by atoms with Gasteiger partial charge >= 0.3 is 0 Å². The quantitative estimate of drug-likeness (QED) is 0.362. The molecule has 0 amide bonds. The van der Waals surface area contributed by atoms with Gasteiger partial charge in [0.25, 0.3) is 0 Å². The maximum Gasteiger partial charge on any atom is -0.0260 e. The third kappa shape index (κ3) is 7.64. The van der Waals surface area contributed by atoms with E-state index in [1.165, 1.54) is 38.5 Å². The summed E-state index contributed by atoms with van der Waals surface area (Å²) in [6.07, 6.45) is 10.4. The fourth-order valence-electron chi connectivity index (χ4n) is 2.04. The van der Waals surface area contributed by atoms with Gasteiger partial charge in [-0.25, -0.2) is 0 Å². The van der Waals surface area contributed by atoms with Crippen LogP contribution < -0.4 is 0 Å². The Morgan fingerprint density at radius 1 is 1.07 bits per heavy atom. The van der Waals surface area contributed by atoms with E-state index in [0.717, 1.165) is 11.8 Å². The van der Waals surface area contributed by atoms with E-state index in [4.69, 9.17) is 0 Å². The van der Waals surface area contributed by atoms with E-state index in [1.54, 1.807) is 5.57 Å². The van der Waals surface area contributed by atoms with Gasteiger partial charge in [-0.2, -0.15) is 0 Å². The van der Waals surface area contributed by atoms with Crippen molar-refractivity contribution in [3.05, 3.63) is 11.6 Å². The van der Waals surface area contributed by atoms with E-state index in [9.17, 15) is 0 Å². The van der Waals surface area contributed by atoms with Gasteiger partial charge in [-0.3, -0.25) is 0 Å². The highest BCUT2D eigenvalue weighted by Crippen LogP contribution is 2.23. The lowest BCUT2D eigenvalue weighted by atomic mass is 9.90. The predicted molar refractivity (Wildman–Crippen MR) is 71.1 cm³/mol. The lowest BCUT2D eigenvalue weighted by molar-refractivity contribution is 0.495. The van der Waals surface area contributed by atoms with Crippen LogP contribution in [0.25, 0.3) is 0 Å². The second-order valence-corrected chi connectivity index (χ2v) is 5.17. The summed E-state index contributed by atoms with van der Waals surface area (Å²) in [5.41, 5.74) is 1.68. The zero-order chi connectivity index (χ0) is 11.7. The maximum atomic E-state index is 2.50. The molecule has 0 heterocycles. The van der Waals surface area contributed by atoms with Gasteiger partial charge in [0.2, 0.25) is 0 Å². The Bertz CT molecular complexity index is 165. The average Bonchev–Trinajstić information content (AvgIpc) is 2.16. The van der Waals surface area contributed by atoms with Crippen molar-refractivity contribution in [3.63, 3.8) is 0 Å². The second-order valence-electron chi connectivity index (χ2n) is 5.17. The van der Waals surface area contributed by atoms with Crippen molar-refractivity contribution < 1.29 is 0 Å². The topological polar surface area (TPSA) is 0 Å². The molecule has 0 aliphatic rings. The summed E-state index contributed by atoms with van der Waals surface area (Å²) in [6, 6.07) is 0. The molecule has 90 valence electrons. The highest BCUT2D eigenvalue weighted by Gasteiger charge is 2.08. The number of unbranched alkanes of at least 4 members (excludes halogenated alkanes) is 2. The van der Waals surface area contributed by atoms with E-state index in [0.29, 0.717) is 0 Å². The molecule has 0 rings (SSSR count). The molecule has 0 saturated carbocycles. The van der Waals surface area contributed by atoms with Crippen molar-refractivity contribution >= 4 is 0 Å². The number of hydrogen-bond acceptors (Lipinski definition) is 0. The molecule has 0 radical (unpaired) electrons. The molecule has 0 spiro atoms. The van der Waals surface area contributed by atoms with E-state index in [-0.39, 0.29) is 0 Å². The Morgan fingerprint density at radius 3 is 2.20 bits per heavy atom. The van der Waals surface area contributed by atoms with Gasteiger partial charge in [0.15, 0.2) is 0 Å². The highest BCUT2D eigenvalue weighted by atomic mass is 14.1. The molecular weight excluding hydrogens is 180 g/mol. The Balaban J connectivity index is 4.08. The van der Waals surface area contributed by atoms with E-state index >= 15 is 0 Å². The Hall–Kier alpha value is -0.260. The molecule has 15 heavy (non-hydrogen) atoms. The normalized spacial score (nSPS) is 14.7. The van der Waals surface area contributed by atoms with Crippen LogP contribution in [0.15, 0.2) is 11.6 Å². The monoisotopic (exact) mass is 210 g/mol. The lowest BCUT2D eigenvalue weighted by Crippen LogP contribution is -2.02. The summed E-state index contributed by atoms with van der Waals surface area (Å²) in [6.45, 7) is 11.6. The SMILES string of the molecule is CCCCC=C(CC(C)CCC)C(C)C. The minimum atomic E-state index is 0.737. The molecule has 0 aliphatic heterocycles. The molecule has 0 heteroatoms. The Labute approximate surface area is 97.2 Å². The summed E-state index contributed by atoms with van der Waals surface area (Å²) in [5, 5.41) is 0. The first kappa shape index (κ1) is 14.7. The fraction of sp³-hybridized carbons (Fsp3) is 0.867. The lowest BCUT2D eigenvalue weighted by Gasteiger charge is -2.16. The molecule has 0 fully saturated rings. The van der Waals surface area contributed by atoms with Crippen LogP contribution in [-0.2, 0) is 0 Å². The van der Waals surface area contributed by atoms with Gasteiger partial charge < -0.3 is 0 Å². The summed E-state index contributed by atoms with van der Waals surface area (Å²) in [4.78, 5) is 0. The fourth-order valence-corrected chi connectivity index (χ4v) is 2.04. The molecule has 0 bridgehead atoms. The van der Waals surface area contributed by atoms with Crippen LogP contribution in [0.5, 0.6) is 0 Å². The molecule has 0 aromatic heterocycles. The van der Waals surface area contributed by atoms with Crippen LogP contribution in [0.3, 0.4) is 0 Å². The van der Waals surface area contributed by atoms with Gasteiger partial charge in [-0.15, -0.1) is 0 Å². The van der Waals surface area contributed by atoms with Crippen LogP contribution in [0, 0.1) is 11.8 Å². The molecule has 1 atom stereocenters. The van der Waals surface area contributed by atoms with E-state index in [2.05, 4.69) is 40.7 Å². The van der Waals surface area contributed by atoms with Gasteiger partial charge in [0.05, 0.1) is 0 Å². The standard InChI is InChI=1S/C15H30/c1-6-8-9-11-15(13(3)4)12-14(5)10-7-2/h11,13-14H,6-10,12H2,1-5H3. The summed E-state index contributed by atoms with van der Waals surface area (Å²) < 4.78 is 0. The first-order chi connectivity index (χ1) is 7.11. The summed E-state index contributed by atoms with van der Waals surface area (Å²) in [7, 11) is 0. The largest absolute Gasteiger partial charge is 0.0851 e. The second kappa shape index (κ2) is 9.00. The summed E-state index contributed by atoms with van der Waals surface area (Å²) in [5.74, 6) is 1.60. The number of allylic oxidation sites excluding steroid dienone is 2. The van der Waals surface area contributed by atoms with Gasteiger partial charge in [0.1, 0.15) is 0 Å². The first-order valence-corrected chi connectivity index (χ1v) is 6.80. The first-order valence-electron chi connectivity index (χ1n) is 6.80. The van der Waals surface area contributed by atoms with Crippen molar-refractivity contribution in [3.8, 4) is 0 Å². The van der Waals surface area contributed by atoms with Crippen LogP contribution in [0.4, 0.5) is 0 Å². The predicted octanol–water partition coefficient (Wildman–Crippen LogP) is 5.59. The summed E-state index contributed by atoms with van der Waals surface area (Å²) >= 11 is 0. The number of hydrogen-bond donors (Lipinski definition) is 0. The van der Waals surface area contributed by atoms with Crippen molar-refractivity contribution in [1.82, 2.24) is 0 Å². The molecule has 0 N–H and O–H groups in total.